The summed E-state index contributed by atoms with van der Waals surface area (Å²) >= 11 is 1.73. The summed E-state index contributed by atoms with van der Waals surface area (Å²) in [6, 6.07) is 0. The molecule has 0 radical (unpaired) electrons. The fraction of sp³-hybridized carbons (Fsp3) is 0.750. The molecule has 0 saturated carbocycles. The minimum Gasteiger partial charge on any atom is -0.387 e. The van der Waals surface area contributed by atoms with Crippen molar-refractivity contribution >= 4 is 11.3 Å². The van der Waals surface area contributed by atoms with E-state index in [0.29, 0.717) is 5.92 Å². The van der Waals surface area contributed by atoms with E-state index in [-0.39, 0.29) is 0 Å². The van der Waals surface area contributed by atoms with Crippen LogP contribution in [0.3, 0.4) is 0 Å². The second-order valence-electron chi connectivity index (χ2n) is 4.99. The average Bonchev–Trinajstić information content (AvgIpc) is 2.62. The molecule has 1 aromatic rings. The van der Waals surface area contributed by atoms with Gasteiger partial charge in [0.25, 0.3) is 0 Å². The number of aryl methyl sites for hydroxylation is 1. The van der Waals surface area contributed by atoms with Gasteiger partial charge >= 0.3 is 0 Å². The fourth-order valence-electron chi connectivity index (χ4n) is 2.02. The molecule has 0 aliphatic carbocycles. The van der Waals surface area contributed by atoms with E-state index in [4.69, 9.17) is 0 Å². The van der Waals surface area contributed by atoms with E-state index in [0.717, 1.165) is 31.7 Å². The van der Waals surface area contributed by atoms with Gasteiger partial charge in [-0.05, 0) is 12.3 Å². The first kappa shape index (κ1) is 12.0. The number of aliphatic hydroxyl groups is 1. The fourth-order valence-corrected chi connectivity index (χ4v) is 2.75. The van der Waals surface area contributed by atoms with Gasteiger partial charge in [-0.3, -0.25) is 4.90 Å². The summed E-state index contributed by atoms with van der Waals surface area (Å²) in [5, 5.41) is 13.5. The van der Waals surface area contributed by atoms with E-state index < -0.39 is 5.60 Å². The van der Waals surface area contributed by atoms with Crippen molar-refractivity contribution in [3.63, 3.8) is 0 Å². The van der Waals surface area contributed by atoms with Crippen molar-refractivity contribution in [2.24, 2.45) is 5.92 Å². The third kappa shape index (κ3) is 2.29. The first-order chi connectivity index (χ1) is 7.53. The molecule has 0 bridgehead atoms. The van der Waals surface area contributed by atoms with Crippen LogP contribution in [0, 0.1) is 5.92 Å². The molecule has 1 aromatic heterocycles. The third-order valence-electron chi connectivity index (χ3n) is 3.36. The molecule has 90 valence electrons. The Kier molecular flexibility index (Phi) is 3.33. The number of hydrogen-bond acceptors (Lipinski definition) is 4. The second kappa shape index (κ2) is 4.43. The van der Waals surface area contributed by atoms with Crippen LogP contribution in [0.2, 0.25) is 0 Å². The predicted octanol–water partition coefficient (Wildman–Crippen LogP) is 1.91. The second-order valence-corrected chi connectivity index (χ2v) is 5.93. The normalized spacial score (nSPS) is 20.1. The molecule has 1 aliphatic heterocycles. The zero-order chi connectivity index (χ0) is 11.8. The molecule has 3 nitrogen and oxygen atoms in total. The van der Waals surface area contributed by atoms with E-state index in [1.165, 1.54) is 5.01 Å². The lowest BCUT2D eigenvalue weighted by Crippen LogP contribution is -2.63. The van der Waals surface area contributed by atoms with Crippen LogP contribution in [0.15, 0.2) is 5.38 Å². The summed E-state index contributed by atoms with van der Waals surface area (Å²) in [7, 11) is 0. The SMILES string of the molecule is CCc1nc(CN2CC(O)(C(C)C)C2)cs1. The Bertz CT molecular complexity index is 356. The van der Waals surface area contributed by atoms with Gasteiger partial charge in [-0.1, -0.05) is 20.8 Å². The summed E-state index contributed by atoms with van der Waals surface area (Å²) in [4.78, 5) is 6.80. The number of rotatable bonds is 4. The molecule has 1 fully saturated rings. The molecule has 16 heavy (non-hydrogen) atoms. The van der Waals surface area contributed by atoms with Gasteiger partial charge in [0, 0.05) is 25.0 Å². The molecular formula is C12H20N2OS. The monoisotopic (exact) mass is 240 g/mol. The summed E-state index contributed by atoms with van der Waals surface area (Å²) < 4.78 is 0. The molecule has 0 atom stereocenters. The molecule has 0 amide bonds. The lowest BCUT2D eigenvalue weighted by molar-refractivity contribution is -0.131. The number of β-amino-alcohol motifs (C(OH)–C–C–N with tert-alkyl or cyclic N) is 1. The smallest absolute Gasteiger partial charge is 0.0926 e. The minimum atomic E-state index is -0.469. The highest BCUT2D eigenvalue weighted by atomic mass is 32.1. The third-order valence-corrected chi connectivity index (χ3v) is 4.40. The van der Waals surface area contributed by atoms with Crippen LogP contribution in [-0.2, 0) is 13.0 Å². The number of hydrogen-bond donors (Lipinski definition) is 1. The Morgan fingerprint density at radius 3 is 2.75 bits per heavy atom. The van der Waals surface area contributed by atoms with Gasteiger partial charge < -0.3 is 5.11 Å². The van der Waals surface area contributed by atoms with Gasteiger partial charge in [0.2, 0.25) is 0 Å². The molecule has 4 heteroatoms. The highest BCUT2D eigenvalue weighted by Gasteiger charge is 2.43. The number of thiazole rings is 1. The van der Waals surface area contributed by atoms with Gasteiger partial charge in [0.15, 0.2) is 0 Å². The molecule has 1 N–H and O–H groups in total. The Morgan fingerprint density at radius 1 is 1.56 bits per heavy atom. The predicted molar refractivity (Wildman–Crippen MR) is 66.6 cm³/mol. The number of likely N-dealkylation sites (tertiary alicyclic amines) is 1. The maximum atomic E-state index is 10.1. The molecule has 0 aromatic carbocycles. The van der Waals surface area contributed by atoms with Crippen molar-refractivity contribution in [2.45, 2.75) is 39.3 Å². The zero-order valence-corrected chi connectivity index (χ0v) is 11.0. The summed E-state index contributed by atoms with van der Waals surface area (Å²) in [6.07, 6.45) is 1.01. The van der Waals surface area contributed by atoms with Crippen LogP contribution in [0.5, 0.6) is 0 Å². The summed E-state index contributed by atoms with van der Waals surface area (Å²) in [5.74, 6) is 0.338. The van der Waals surface area contributed by atoms with Crippen LogP contribution in [0.25, 0.3) is 0 Å². The molecule has 2 rings (SSSR count). The Labute approximate surface area is 101 Å². The van der Waals surface area contributed by atoms with Crippen LogP contribution in [0.4, 0.5) is 0 Å². The van der Waals surface area contributed by atoms with E-state index in [1.54, 1.807) is 11.3 Å². The maximum Gasteiger partial charge on any atom is 0.0926 e. The van der Waals surface area contributed by atoms with Gasteiger partial charge in [-0.2, -0.15) is 0 Å². The highest BCUT2D eigenvalue weighted by Crippen LogP contribution is 2.29. The average molecular weight is 240 g/mol. The summed E-state index contributed by atoms with van der Waals surface area (Å²) in [5.41, 5.74) is 0.677. The molecule has 1 saturated heterocycles. The van der Waals surface area contributed by atoms with Crippen LogP contribution >= 0.6 is 11.3 Å². The standard InChI is InChI=1S/C12H20N2OS/c1-4-11-13-10(6-16-11)5-14-7-12(15,8-14)9(2)3/h6,9,15H,4-5,7-8H2,1-3H3. The zero-order valence-electron chi connectivity index (χ0n) is 10.2. The molecular weight excluding hydrogens is 220 g/mol. The van der Waals surface area contributed by atoms with Crippen molar-refractivity contribution in [1.29, 1.82) is 0 Å². The minimum absolute atomic E-state index is 0.338. The van der Waals surface area contributed by atoms with E-state index in [1.807, 2.05) is 0 Å². The Balaban J connectivity index is 1.85. The number of nitrogens with zero attached hydrogens (tertiary/aromatic N) is 2. The molecule has 0 unspecified atom stereocenters. The highest BCUT2D eigenvalue weighted by molar-refractivity contribution is 7.09. The van der Waals surface area contributed by atoms with Gasteiger partial charge in [-0.15, -0.1) is 11.3 Å². The number of aromatic nitrogens is 1. The van der Waals surface area contributed by atoms with Crippen molar-refractivity contribution in [3.8, 4) is 0 Å². The van der Waals surface area contributed by atoms with Crippen molar-refractivity contribution in [1.82, 2.24) is 9.88 Å². The topological polar surface area (TPSA) is 36.4 Å². The Morgan fingerprint density at radius 2 is 2.25 bits per heavy atom. The van der Waals surface area contributed by atoms with Gasteiger partial charge in [0.1, 0.15) is 0 Å². The van der Waals surface area contributed by atoms with Crippen molar-refractivity contribution < 1.29 is 5.11 Å². The molecule has 1 aliphatic rings. The van der Waals surface area contributed by atoms with Crippen LogP contribution in [-0.4, -0.2) is 33.7 Å². The first-order valence-electron chi connectivity index (χ1n) is 5.91. The molecule has 0 spiro atoms. The summed E-state index contributed by atoms with van der Waals surface area (Å²) in [6.45, 7) is 8.73. The van der Waals surface area contributed by atoms with Crippen molar-refractivity contribution in [3.05, 3.63) is 16.1 Å². The largest absolute Gasteiger partial charge is 0.387 e. The van der Waals surface area contributed by atoms with E-state index in [9.17, 15) is 5.11 Å². The van der Waals surface area contributed by atoms with Crippen molar-refractivity contribution in [2.75, 3.05) is 13.1 Å². The van der Waals surface area contributed by atoms with Crippen LogP contribution < -0.4 is 0 Å². The first-order valence-corrected chi connectivity index (χ1v) is 6.79. The lowest BCUT2D eigenvalue weighted by Gasteiger charge is -2.49. The van der Waals surface area contributed by atoms with E-state index in [2.05, 4.69) is 36.0 Å². The van der Waals surface area contributed by atoms with Crippen LogP contribution in [0.1, 0.15) is 31.5 Å². The van der Waals surface area contributed by atoms with E-state index >= 15 is 0 Å². The maximum absolute atomic E-state index is 10.1. The van der Waals surface area contributed by atoms with Gasteiger partial charge in [0.05, 0.1) is 16.3 Å². The van der Waals surface area contributed by atoms with Gasteiger partial charge in [-0.25, -0.2) is 4.98 Å². The quantitative estimate of drug-likeness (QED) is 0.873. The lowest BCUT2D eigenvalue weighted by atomic mass is 9.83. The molecule has 2 heterocycles. The Hall–Kier alpha value is -0.450.